The lowest BCUT2D eigenvalue weighted by atomic mass is 10.1. The van der Waals surface area contributed by atoms with E-state index in [2.05, 4.69) is 15.4 Å². The summed E-state index contributed by atoms with van der Waals surface area (Å²) in [5.74, 6) is 0.159. The van der Waals surface area contributed by atoms with Gasteiger partial charge in [-0.3, -0.25) is 10.1 Å². The average molecular weight is 259 g/mol. The van der Waals surface area contributed by atoms with Gasteiger partial charge in [0.2, 0.25) is 11.9 Å². The Balaban J connectivity index is 1.84. The van der Waals surface area contributed by atoms with Crippen molar-refractivity contribution in [2.24, 2.45) is 12.8 Å². The molecule has 0 bridgehead atoms. The van der Waals surface area contributed by atoms with Crippen molar-refractivity contribution in [1.82, 2.24) is 14.8 Å². The van der Waals surface area contributed by atoms with Gasteiger partial charge in [-0.15, -0.1) is 0 Å². The fourth-order valence-corrected chi connectivity index (χ4v) is 1.71. The van der Waals surface area contributed by atoms with Gasteiger partial charge in [0.1, 0.15) is 6.33 Å². The van der Waals surface area contributed by atoms with Crippen LogP contribution in [0.5, 0.6) is 0 Å². The number of aromatic nitrogens is 3. The first-order valence-electron chi connectivity index (χ1n) is 6.11. The summed E-state index contributed by atoms with van der Waals surface area (Å²) in [6.45, 7) is 0. The van der Waals surface area contributed by atoms with Gasteiger partial charge in [0.25, 0.3) is 0 Å². The van der Waals surface area contributed by atoms with E-state index in [-0.39, 0.29) is 5.91 Å². The minimum absolute atomic E-state index is 0.243. The van der Waals surface area contributed by atoms with Crippen LogP contribution >= 0.6 is 0 Å². The minimum Gasteiger partial charge on any atom is -0.320 e. The molecule has 1 aromatic heterocycles. The Morgan fingerprint density at radius 1 is 1.42 bits per heavy atom. The van der Waals surface area contributed by atoms with Crippen molar-refractivity contribution in [3.05, 3.63) is 42.2 Å². The van der Waals surface area contributed by atoms with Crippen molar-refractivity contribution in [2.45, 2.75) is 18.9 Å². The highest BCUT2D eigenvalue weighted by atomic mass is 16.2. The first kappa shape index (κ1) is 13.2. The molecule has 0 fully saturated rings. The molecule has 0 unspecified atom stereocenters. The third-order valence-electron chi connectivity index (χ3n) is 2.87. The van der Waals surface area contributed by atoms with Crippen LogP contribution in [0.4, 0.5) is 5.95 Å². The van der Waals surface area contributed by atoms with Crippen molar-refractivity contribution >= 4 is 11.9 Å². The molecule has 0 saturated heterocycles. The summed E-state index contributed by atoms with van der Waals surface area (Å²) in [7, 11) is 1.71. The van der Waals surface area contributed by atoms with E-state index in [4.69, 9.17) is 5.73 Å². The molecule has 0 aliphatic carbocycles. The summed E-state index contributed by atoms with van der Waals surface area (Å²) >= 11 is 0. The normalized spacial score (nSPS) is 12.1. The number of nitrogens with two attached hydrogens (primary N) is 1. The molecule has 0 saturated carbocycles. The maximum absolute atomic E-state index is 11.9. The van der Waals surface area contributed by atoms with Crippen LogP contribution in [0.15, 0.2) is 36.7 Å². The zero-order valence-electron chi connectivity index (χ0n) is 10.8. The number of hydrogen-bond donors (Lipinski definition) is 2. The van der Waals surface area contributed by atoms with Crippen LogP contribution in [0.3, 0.4) is 0 Å². The zero-order valence-corrected chi connectivity index (χ0v) is 10.8. The van der Waals surface area contributed by atoms with E-state index < -0.39 is 6.04 Å². The molecule has 2 aromatic rings. The standard InChI is InChI=1S/C13H17N5O/c1-18-13(15-9-16-18)17-12(19)11(14)8-7-10-5-3-2-4-6-10/h2-6,9,11H,7-8,14H2,1H3,(H,15,16,17,19)/t11-/m0/s1. The van der Waals surface area contributed by atoms with Crippen molar-refractivity contribution in [2.75, 3.05) is 5.32 Å². The number of amides is 1. The molecule has 19 heavy (non-hydrogen) atoms. The molecule has 100 valence electrons. The lowest BCUT2D eigenvalue weighted by Gasteiger charge is -2.11. The van der Waals surface area contributed by atoms with Crippen LogP contribution in [0.1, 0.15) is 12.0 Å². The maximum atomic E-state index is 11.9. The minimum atomic E-state index is -0.558. The van der Waals surface area contributed by atoms with Crippen LogP contribution in [0.25, 0.3) is 0 Å². The smallest absolute Gasteiger partial charge is 0.243 e. The van der Waals surface area contributed by atoms with E-state index in [9.17, 15) is 4.79 Å². The van der Waals surface area contributed by atoms with E-state index >= 15 is 0 Å². The molecule has 0 aliphatic rings. The van der Waals surface area contributed by atoms with Crippen LogP contribution in [0.2, 0.25) is 0 Å². The summed E-state index contributed by atoms with van der Waals surface area (Å²) in [6.07, 6.45) is 2.74. The Labute approximate surface area is 111 Å². The van der Waals surface area contributed by atoms with Crippen LogP contribution in [0, 0.1) is 0 Å². The van der Waals surface area contributed by atoms with Gasteiger partial charge in [-0.2, -0.15) is 10.1 Å². The first-order valence-corrected chi connectivity index (χ1v) is 6.11. The van der Waals surface area contributed by atoms with E-state index in [0.29, 0.717) is 12.4 Å². The van der Waals surface area contributed by atoms with Crippen molar-refractivity contribution in [3.8, 4) is 0 Å². The predicted molar refractivity (Wildman–Crippen MR) is 72.4 cm³/mol. The summed E-state index contributed by atoms with van der Waals surface area (Å²) < 4.78 is 1.49. The Morgan fingerprint density at radius 3 is 2.79 bits per heavy atom. The average Bonchev–Trinajstić information content (AvgIpc) is 2.82. The topological polar surface area (TPSA) is 85.8 Å². The van der Waals surface area contributed by atoms with Gasteiger partial charge in [-0.05, 0) is 18.4 Å². The predicted octanol–water partition coefficient (Wildman–Crippen LogP) is 0.714. The van der Waals surface area contributed by atoms with E-state index in [1.165, 1.54) is 16.6 Å². The van der Waals surface area contributed by atoms with E-state index in [0.717, 1.165) is 6.42 Å². The lowest BCUT2D eigenvalue weighted by Crippen LogP contribution is -2.36. The molecule has 6 heteroatoms. The van der Waals surface area contributed by atoms with Crippen LogP contribution in [-0.4, -0.2) is 26.7 Å². The number of nitrogens with zero attached hydrogens (tertiary/aromatic N) is 3. The third-order valence-corrected chi connectivity index (χ3v) is 2.87. The second-order valence-electron chi connectivity index (χ2n) is 4.33. The van der Waals surface area contributed by atoms with Gasteiger partial charge >= 0.3 is 0 Å². The summed E-state index contributed by atoms with van der Waals surface area (Å²) in [6, 6.07) is 9.39. The molecule has 1 aromatic carbocycles. The number of aryl methyl sites for hydroxylation is 2. The highest BCUT2D eigenvalue weighted by Crippen LogP contribution is 2.06. The Morgan fingerprint density at radius 2 is 2.16 bits per heavy atom. The highest BCUT2D eigenvalue weighted by Gasteiger charge is 2.15. The van der Waals surface area contributed by atoms with Crippen LogP contribution in [-0.2, 0) is 18.3 Å². The quantitative estimate of drug-likeness (QED) is 0.828. The van der Waals surface area contributed by atoms with E-state index in [1.54, 1.807) is 7.05 Å². The molecule has 1 amide bonds. The molecule has 1 heterocycles. The van der Waals surface area contributed by atoms with Gasteiger partial charge < -0.3 is 5.73 Å². The summed E-state index contributed by atoms with van der Waals surface area (Å²) in [5.41, 5.74) is 7.03. The monoisotopic (exact) mass is 259 g/mol. The number of carbonyl (C=O) groups excluding carboxylic acids is 1. The van der Waals surface area contributed by atoms with Crippen molar-refractivity contribution in [1.29, 1.82) is 0 Å². The number of hydrogen-bond acceptors (Lipinski definition) is 4. The van der Waals surface area contributed by atoms with Crippen molar-refractivity contribution < 1.29 is 4.79 Å². The highest BCUT2D eigenvalue weighted by molar-refractivity contribution is 5.93. The number of benzene rings is 1. The second kappa shape index (κ2) is 6.10. The SMILES string of the molecule is Cn1ncnc1NC(=O)[C@@H](N)CCc1ccccc1. The Hall–Kier alpha value is -2.21. The number of carbonyl (C=O) groups is 1. The summed E-state index contributed by atoms with van der Waals surface area (Å²) in [5, 5.41) is 6.52. The lowest BCUT2D eigenvalue weighted by molar-refractivity contribution is -0.117. The zero-order chi connectivity index (χ0) is 13.7. The maximum Gasteiger partial charge on any atom is 0.243 e. The summed E-state index contributed by atoms with van der Waals surface area (Å²) in [4.78, 5) is 15.8. The molecule has 0 spiro atoms. The molecular formula is C13H17N5O. The Bertz CT molecular complexity index is 537. The largest absolute Gasteiger partial charge is 0.320 e. The fourth-order valence-electron chi connectivity index (χ4n) is 1.71. The first-order chi connectivity index (χ1) is 9.16. The van der Waals surface area contributed by atoms with Crippen molar-refractivity contribution in [3.63, 3.8) is 0 Å². The van der Waals surface area contributed by atoms with Gasteiger partial charge in [-0.25, -0.2) is 4.68 Å². The number of rotatable bonds is 5. The fraction of sp³-hybridized carbons (Fsp3) is 0.308. The number of anilines is 1. The molecule has 6 nitrogen and oxygen atoms in total. The molecule has 1 atom stereocenters. The van der Waals surface area contributed by atoms with Gasteiger partial charge in [0.05, 0.1) is 6.04 Å². The molecule has 2 rings (SSSR count). The van der Waals surface area contributed by atoms with Crippen LogP contribution < -0.4 is 11.1 Å². The number of nitrogens with one attached hydrogen (secondary N) is 1. The molecule has 3 N–H and O–H groups in total. The van der Waals surface area contributed by atoms with Gasteiger partial charge in [-0.1, -0.05) is 30.3 Å². The van der Waals surface area contributed by atoms with E-state index in [1.807, 2.05) is 30.3 Å². The Kier molecular flexibility index (Phi) is 4.25. The van der Waals surface area contributed by atoms with Gasteiger partial charge in [0.15, 0.2) is 0 Å². The third kappa shape index (κ3) is 3.62. The van der Waals surface area contributed by atoms with Gasteiger partial charge in [0, 0.05) is 7.05 Å². The molecular weight excluding hydrogens is 242 g/mol. The second-order valence-corrected chi connectivity index (χ2v) is 4.33. The molecule has 0 radical (unpaired) electrons. The molecule has 0 aliphatic heterocycles.